The fraction of sp³-hybridized carbons (Fsp3) is 0.727. The summed E-state index contributed by atoms with van der Waals surface area (Å²) in [6.45, 7) is 7.91. The Morgan fingerprint density at radius 3 is 2.53 bits per heavy atom. The van der Waals surface area contributed by atoms with Crippen LogP contribution in [0.4, 0.5) is 0 Å². The van der Waals surface area contributed by atoms with E-state index in [1.165, 1.54) is 36.1 Å². The van der Waals surface area contributed by atoms with Crippen molar-refractivity contribution in [2.75, 3.05) is 33.2 Å². The molecular formula is C11H21N3S. The van der Waals surface area contributed by atoms with Crippen molar-refractivity contribution < 1.29 is 0 Å². The average Bonchev–Trinajstić information content (AvgIpc) is 2.56. The monoisotopic (exact) mass is 227 g/mol. The number of thiazole rings is 1. The van der Waals surface area contributed by atoms with Gasteiger partial charge in [-0.2, -0.15) is 0 Å². The number of aryl methyl sites for hydroxylation is 1. The van der Waals surface area contributed by atoms with E-state index in [0.29, 0.717) is 0 Å². The van der Waals surface area contributed by atoms with Gasteiger partial charge in [0.05, 0.1) is 5.01 Å². The van der Waals surface area contributed by atoms with Gasteiger partial charge >= 0.3 is 0 Å². The Bertz CT molecular complexity index is 290. The standard InChI is InChI=1S/C10H17N3S.CH4/c1-9-11-7-10(14-9)8-13-5-3-12(2)4-6-13;/h7H,3-6,8H2,1-2H3;1H4. The van der Waals surface area contributed by atoms with Crippen LogP contribution in [0.3, 0.4) is 0 Å². The SMILES string of the molecule is C.Cc1ncc(CN2CCN(C)CC2)s1. The fourth-order valence-electron chi connectivity index (χ4n) is 1.70. The van der Waals surface area contributed by atoms with Crippen LogP contribution >= 0.6 is 11.3 Å². The molecule has 0 atom stereocenters. The molecule has 0 saturated carbocycles. The van der Waals surface area contributed by atoms with Crippen LogP contribution in [0.2, 0.25) is 0 Å². The number of rotatable bonds is 2. The highest BCUT2D eigenvalue weighted by atomic mass is 32.1. The molecule has 0 spiro atoms. The van der Waals surface area contributed by atoms with E-state index in [4.69, 9.17) is 0 Å². The van der Waals surface area contributed by atoms with Crippen LogP contribution in [0.15, 0.2) is 6.20 Å². The molecule has 0 N–H and O–H groups in total. The van der Waals surface area contributed by atoms with Crippen molar-refractivity contribution >= 4 is 11.3 Å². The largest absolute Gasteiger partial charge is 0.304 e. The number of nitrogens with zero attached hydrogens (tertiary/aromatic N) is 3. The maximum Gasteiger partial charge on any atom is 0.0897 e. The summed E-state index contributed by atoms with van der Waals surface area (Å²) in [5.41, 5.74) is 0. The van der Waals surface area contributed by atoms with Gasteiger partial charge in [0.15, 0.2) is 0 Å². The molecule has 2 rings (SSSR count). The Morgan fingerprint density at radius 2 is 2.00 bits per heavy atom. The van der Waals surface area contributed by atoms with Gasteiger partial charge in [-0.05, 0) is 14.0 Å². The van der Waals surface area contributed by atoms with Crippen molar-refractivity contribution in [2.45, 2.75) is 20.9 Å². The summed E-state index contributed by atoms with van der Waals surface area (Å²) in [6.07, 6.45) is 2.01. The maximum absolute atomic E-state index is 4.28. The van der Waals surface area contributed by atoms with Crippen LogP contribution < -0.4 is 0 Å². The first-order valence-electron chi connectivity index (χ1n) is 5.06. The lowest BCUT2D eigenvalue weighted by molar-refractivity contribution is 0.149. The highest BCUT2D eigenvalue weighted by Gasteiger charge is 2.14. The van der Waals surface area contributed by atoms with Crippen molar-refractivity contribution in [3.8, 4) is 0 Å². The van der Waals surface area contributed by atoms with Crippen LogP contribution in [0.5, 0.6) is 0 Å². The smallest absolute Gasteiger partial charge is 0.0897 e. The highest BCUT2D eigenvalue weighted by Crippen LogP contribution is 2.14. The zero-order chi connectivity index (χ0) is 9.97. The van der Waals surface area contributed by atoms with Crippen LogP contribution in [-0.2, 0) is 6.54 Å². The normalized spacial score (nSPS) is 18.8. The van der Waals surface area contributed by atoms with E-state index in [1.54, 1.807) is 0 Å². The van der Waals surface area contributed by atoms with Crippen molar-refractivity contribution in [3.63, 3.8) is 0 Å². The Labute approximate surface area is 96.7 Å². The quantitative estimate of drug-likeness (QED) is 0.768. The van der Waals surface area contributed by atoms with E-state index in [0.717, 1.165) is 6.54 Å². The summed E-state index contributed by atoms with van der Waals surface area (Å²) in [4.78, 5) is 10.6. The number of likely N-dealkylation sites (N-methyl/N-ethyl adjacent to an activating group) is 1. The Hall–Kier alpha value is -0.450. The summed E-state index contributed by atoms with van der Waals surface area (Å²) < 4.78 is 0. The van der Waals surface area contributed by atoms with Gasteiger partial charge in [0.2, 0.25) is 0 Å². The van der Waals surface area contributed by atoms with Crippen molar-refractivity contribution in [2.24, 2.45) is 0 Å². The van der Waals surface area contributed by atoms with E-state index in [2.05, 4.69) is 28.8 Å². The Kier molecular flexibility index (Phi) is 4.70. The predicted octanol–water partition coefficient (Wildman–Crippen LogP) is 1.84. The summed E-state index contributed by atoms with van der Waals surface area (Å²) in [6, 6.07) is 0. The Morgan fingerprint density at radius 1 is 1.33 bits per heavy atom. The van der Waals surface area contributed by atoms with Gasteiger partial charge in [0, 0.05) is 43.8 Å². The zero-order valence-electron chi connectivity index (χ0n) is 8.86. The molecule has 0 amide bonds. The average molecular weight is 227 g/mol. The molecule has 0 radical (unpaired) electrons. The second kappa shape index (κ2) is 5.58. The Balaban J connectivity index is 0.00000112. The lowest BCUT2D eigenvalue weighted by Crippen LogP contribution is -2.43. The second-order valence-electron chi connectivity index (χ2n) is 3.93. The van der Waals surface area contributed by atoms with Crippen LogP contribution in [0.1, 0.15) is 17.3 Å². The van der Waals surface area contributed by atoms with E-state index in [-0.39, 0.29) is 7.43 Å². The summed E-state index contributed by atoms with van der Waals surface area (Å²) in [5.74, 6) is 0. The van der Waals surface area contributed by atoms with Gasteiger partial charge in [-0.15, -0.1) is 11.3 Å². The van der Waals surface area contributed by atoms with Crippen LogP contribution in [0.25, 0.3) is 0 Å². The van der Waals surface area contributed by atoms with Gasteiger partial charge in [-0.25, -0.2) is 4.98 Å². The van der Waals surface area contributed by atoms with Gasteiger partial charge in [0.1, 0.15) is 0 Å². The molecule has 0 aliphatic carbocycles. The molecule has 0 aromatic carbocycles. The second-order valence-corrected chi connectivity index (χ2v) is 5.24. The van der Waals surface area contributed by atoms with E-state index >= 15 is 0 Å². The first-order chi connectivity index (χ1) is 6.74. The van der Waals surface area contributed by atoms with Gasteiger partial charge in [0.25, 0.3) is 0 Å². The molecule has 15 heavy (non-hydrogen) atoms. The van der Waals surface area contributed by atoms with E-state index < -0.39 is 0 Å². The predicted molar refractivity (Wildman–Crippen MR) is 66.4 cm³/mol. The maximum atomic E-state index is 4.28. The number of piperazine rings is 1. The molecule has 1 aliphatic rings. The third kappa shape index (κ3) is 3.55. The third-order valence-electron chi connectivity index (χ3n) is 2.64. The zero-order valence-corrected chi connectivity index (χ0v) is 9.68. The topological polar surface area (TPSA) is 19.4 Å². The molecule has 1 aliphatic heterocycles. The molecule has 4 heteroatoms. The summed E-state index contributed by atoms with van der Waals surface area (Å²) in [7, 11) is 2.19. The molecular weight excluding hydrogens is 206 g/mol. The van der Waals surface area contributed by atoms with Gasteiger partial charge in [-0.3, -0.25) is 4.90 Å². The molecule has 1 aromatic heterocycles. The minimum Gasteiger partial charge on any atom is -0.304 e. The first kappa shape index (κ1) is 12.6. The lowest BCUT2D eigenvalue weighted by atomic mass is 10.3. The van der Waals surface area contributed by atoms with Crippen molar-refractivity contribution in [1.82, 2.24) is 14.8 Å². The molecule has 1 aromatic rings. The fourth-order valence-corrected chi connectivity index (χ4v) is 2.54. The molecule has 3 nitrogen and oxygen atoms in total. The van der Waals surface area contributed by atoms with Crippen molar-refractivity contribution in [1.29, 1.82) is 0 Å². The third-order valence-corrected chi connectivity index (χ3v) is 3.54. The molecule has 1 saturated heterocycles. The summed E-state index contributed by atoms with van der Waals surface area (Å²) in [5, 5.41) is 1.18. The molecule has 2 heterocycles. The minimum atomic E-state index is 0. The lowest BCUT2D eigenvalue weighted by Gasteiger charge is -2.31. The van der Waals surface area contributed by atoms with E-state index in [1.807, 2.05) is 17.5 Å². The first-order valence-corrected chi connectivity index (χ1v) is 5.88. The van der Waals surface area contributed by atoms with E-state index in [9.17, 15) is 0 Å². The number of hydrogen-bond acceptors (Lipinski definition) is 4. The minimum absolute atomic E-state index is 0. The summed E-state index contributed by atoms with van der Waals surface area (Å²) >= 11 is 1.82. The molecule has 0 bridgehead atoms. The van der Waals surface area contributed by atoms with Gasteiger partial charge < -0.3 is 4.90 Å². The van der Waals surface area contributed by atoms with Gasteiger partial charge in [-0.1, -0.05) is 7.43 Å². The highest BCUT2D eigenvalue weighted by molar-refractivity contribution is 7.11. The molecule has 0 unspecified atom stereocenters. The van der Waals surface area contributed by atoms with Crippen LogP contribution in [0, 0.1) is 6.92 Å². The number of hydrogen-bond donors (Lipinski definition) is 0. The molecule has 86 valence electrons. The van der Waals surface area contributed by atoms with Crippen LogP contribution in [-0.4, -0.2) is 48.0 Å². The molecule has 1 fully saturated rings. The van der Waals surface area contributed by atoms with Crippen molar-refractivity contribution in [3.05, 3.63) is 16.1 Å². The number of aromatic nitrogens is 1.